The normalized spacial score (nSPS) is 16.2. The smallest absolute Gasteiger partial charge is 0.138 e. The van der Waals surface area contributed by atoms with Gasteiger partial charge in [0.25, 0.3) is 0 Å². The molecule has 4 heteroatoms. The van der Waals surface area contributed by atoms with E-state index in [9.17, 15) is 0 Å². The van der Waals surface area contributed by atoms with Crippen LogP contribution in [0.15, 0.2) is 21.1 Å². The van der Waals surface area contributed by atoms with E-state index >= 15 is 0 Å². The van der Waals surface area contributed by atoms with E-state index in [0.29, 0.717) is 12.0 Å². The summed E-state index contributed by atoms with van der Waals surface area (Å²) in [7, 11) is 0. The molecule has 2 rings (SSSR count). The van der Waals surface area contributed by atoms with E-state index in [1.165, 1.54) is 31.2 Å². The second kappa shape index (κ2) is 7.28. The summed E-state index contributed by atoms with van der Waals surface area (Å²) in [6.07, 6.45) is 5.40. The first kappa shape index (κ1) is 16.3. The van der Waals surface area contributed by atoms with Gasteiger partial charge in [0.05, 0.1) is 11.1 Å². The van der Waals surface area contributed by atoms with Crippen LogP contribution >= 0.6 is 31.9 Å². The fourth-order valence-corrected chi connectivity index (χ4v) is 4.16. The maximum Gasteiger partial charge on any atom is 0.138 e. The highest BCUT2D eigenvalue weighted by molar-refractivity contribution is 9.11. The van der Waals surface area contributed by atoms with Gasteiger partial charge in [0, 0.05) is 23.1 Å². The van der Waals surface area contributed by atoms with Crippen molar-refractivity contribution in [2.75, 3.05) is 13.2 Å². The van der Waals surface area contributed by atoms with Crippen LogP contribution in [0, 0.1) is 5.41 Å². The first-order valence-electron chi connectivity index (χ1n) is 7.41. The lowest BCUT2D eigenvalue weighted by Gasteiger charge is -2.17. The van der Waals surface area contributed by atoms with Crippen LogP contribution in [0.5, 0.6) is 5.75 Å². The maximum atomic E-state index is 5.76. The summed E-state index contributed by atoms with van der Waals surface area (Å²) in [5.41, 5.74) is 1.80. The first-order chi connectivity index (χ1) is 9.60. The number of ether oxygens (including phenoxy) is 1. The van der Waals surface area contributed by atoms with E-state index in [1.54, 1.807) is 0 Å². The summed E-state index contributed by atoms with van der Waals surface area (Å²) in [5.74, 6) is 0.962. The standard InChI is InChI=1S/C16H23Br2NO/c1-3-5-16(6-7-16)11-19-10-12-8-13(17)9-14(18)15(12)20-4-2/h8-9,19H,3-7,10-11H2,1-2H3. The molecule has 1 aliphatic rings. The third-order valence-electron chi connectivity index (χ3n) is 3.93. The van der Waals surface area contributed by atoms with Crippen molar-refractivity contribution in [3.8, 4) is 5.75 Å². The average molecular weight is 405 g/mol. The van der Waals surface area contributed by atoms with E-state index in [2.05, 4.69) is 50.2 Å². The highest BCUT2D eigenvalue weighted by Crippen LogP contribution is 2.49. The summed E-state index contributed by atoms with van der Waals surface area (Å²) in [6, 6.07) is 4.18. The molecular formula is C16H23Br2NO. The fraction of sp³-hybridized carbons (Fsp3) is 0.625. The van der Waals surface area contributed by atoms with Crippen LogP contribution in [0.4, 0.5) is 0 Å². The second-order valence-electron chi connectivity index (χ2n) is 5.66. The predicted molar refractivity (Wildman–Crippen MR) is 91.3 cm³/mol. The molecule has 2 nitrogen and oxygen atoms in total. The van der Waals surface area contributed by atoms with Gasteiger partial charge in [-0.15, -0.1) is 0 Å². The molecule has 0 aromatic heterocycles. The van der Waals surface area contributed by atoms with E-state index < -0.39 is 0 Å². The lowest BCUT2D eigenvalue weighted by atomic mass is 10.0. The van der Waals surface area contributed by atoms with Crippen molar-refractivity contribution in [3.05, 3.63) is 26.6 Å². The van der Waals surface area contributed by atoms with Gasteiger partial charge in [0.2, 0.25) is 0 Å². The fourth-order valence-electron chi connectivity index (χ4n) is 2.74. The van der Waals surface area contributed by atoms with Crippen LogP contribution in [0.1, 0.15) is 45.1 Å². The summed E-state index contributed by atoms with van der Waals surface area (Å²) in [6.45, 7) is 6.97. The van der Waals surface area contributed by atoms with Crippen molar-refractivity contribution in [1.29, 1.82) is 0 Å². The minimum absolute atomic E-state index is 0.587. The van der Waals surface area contributed by atoms with Crippen LogP contribution < -0.4 is 10.1 Å². The SMILES string of the molecule is CCCC1(CNCc2cc(Br)cc(Br)c2OCC)CC1. The highest BCUT2D eigenvalue weighted by Gasteiger charge is 2.40. The summed E-state index contributed by atoms with van der Waals surface area (Å²) >= 11 is 7.14. The molecular weight excluding hydrogens is 382 g/mol. The molecule has 1 N–H and O–H groups in total. The molecule has 0 unspecified atom stereocenters. The number of benzene rings is 1. The third-order valence-corrected chi connectivity index (χ3v) is 4.97. The van der Waals surface area contributed by atoms with Crippen LogP contribution in [-0.4, -0.2) is 13.2 Å². The Hall–Kier alpha value is -0.0600. The Labute approximate surface area is 138 Å². The third kappa shape index (κ3) is 4.22. The zero-order valence-electron chi connectivity index (χ0n) is 12.3. The van der Waals surface area contributed by atoms with Gasteiger partial charge in [-0.1, -0.05) is 29.3 Å². The van der Waals surface area contributed by atoms with Crippen molar-refractivity contribution >= 4 is 31.9 Å². The Kier molecular flexibility index (Phi) is 5.94. The Bertz CT molecular complexity index is 458. The molecule has 1 fully saturated rings. The van der Waals surface area contributed by atoms with Gasteiger partial charge in [0.1, 0.15) is 5.75 Å². The molecule has 0 saturated heterocycles. The van der Waals surface area contributed by atoms with Gasteiger partial charge in [-0.2, -0.15) is 0 Å². The van der Waals surface area contributed by atoms with Crippen molar-refractivity contribution in [3.63, 3.8) is 0 Å². The zero-order valence-corrected chi connectivity index (χ0v) is 15.4. The minimum atomic E-state index is 0.587. The largest absolute Gasteiger partial charge is 0.492 e. The molecule has 0 radical (unpaired) electrons. The average Bonchev–Trinajstić information content (AvgIpc) is 3.14. The molecule has 1 saturated carbocycles. The number of halogens is 2. The molecule has 1 aliphatic carbocycles. The van der Waals surface area contributed by atoms with Crippen LogP contribution in [-0.2, 0) is 6.54 Å². The van der Waals surface area contributed by atoms with E-state index in [1.807, 2.05) is 13.0 Å². The first-order valence-corrected chi connectivity index (χ1v) is 9.00. The summed E-state index contributed by atoms with van der Waals surface area (Å²) < 4.78 is 7.86. The number of hydrogen-bond acceptors (Lipinski definition) is 2. The Morgan fingerprint density at radius 3 is 2.60 bits per heavy atom. The van der Waals surface area contributed by atoms with Gasteiger partial charge in [-0.3, -0.25) is 0 Å². The van der Waals surface area contributed by atoms with Gasteiger partial charge in [-0.25, -0.2) is 0 Å². The molecule has 0 aliphatic heterocycles. The van der Waals surface area contributed by atoms with Crippen molar-refractivity contribution < 1.29 is 4.74 Å². The summed E-state index contributed by atoms with van der Waals surface area (Å²) in [4.78, 5) is 0. The van der Waals surface area contributed by atoms with E-state index in [0.717, 1.165) is 27.8 Å². The Morgan fingerprint density at radius 1 is 1.25 bits per heavy atom. The van der Waals surface area contributed by atoms with E-state index in [4.69, 9.17) is 4.74 Å². The van der Waals surface area contributed by atoms with Gasteiger partial charge < -0.3 is 10.1 Å². The summed E-state index contributed by atoms with van der Waals surface area (Å²) in [5, 5.41) is 3.62. The van der Waals surface area contributed by atoms with Crippen LogP contribution in [0.2, 0.25) is 0 Å². The topological polar surface area (TPSA) is 21.3 Å². The van der Waals surface area contributed by atoms with Gasteiger partial charge >= 0.3 is 0 Å². The Morgan fingerprint density at radius 2 is 2.00 bits per heavy atom. The van der Waals surface area contributed by atoms with Gasteiger partial charge in [0.15, 0.2) is 0 Å². The quantitative estimate of drug-likeness (QED) is 0.636. The molecule has 0 spiro atoms. The molecule has 1 aromatic rings. The molecule has 1 aromatic carbocycles. The minimum Gasteiger partial charge on any atom is -0.492 e. The molecule has 112 valence electrons. The van der Waals surface area contributed by atoms with Crippen LogP contribution in [0.3, 0.4) is 0 Å². The molecule has 0 heterocycles. The number of hydrogen-bond donors (Lipinski definition) is 1. The lowest BCUT2D eigenvalue weighted by Crippen LogP contribution is -2.23. The Balaban J connectivity index is 1.98. The van der Waals surface area contributed by atoms with Crippen molar-refractivity contribution in [1.82, 2.24) is 5.32 Å². The molecule has 0 atom stereocenters. The lowest BCUT2D eigenvalue weighted by molar-refractivity contribution is 0.332. The molecule has 0 amide bonds. The van der Waals surface area contributed by atoms with Crippen molar-refractivity contribution in [2.45, 2.75) is 46.1 Å². The highest BCUT2D eigenvalue weighted by atomic mass is 79.9. The predicted octanol–water partition coefficient (Wildman–Crippen LogP) is 5.28. The monoisotopic (exact) mass is 403 g/mol. The van der Waals surface area contributed by atoms with Crippen LogP contribution in [0.25, 0.3) is 0 Å². The molecule has 0 bridgehead atoms. The second-order valence-corrected chi connectivity index (χ2v) is 7.43. The van der Waals surface area contributed by atoms with Gasteiger partial charge in [-0.05, 0) is 59.7 Å². The zero-order chi connectivity index (χ0) is 14.6. The maximum absolute atomic E-state index is 5.76. The number of nitrogens with one attached hydrogen (secondary N) is 1. The van der Waals surface area contributed by atoms with E-state index in [-0.39, 0.29) is 0 Å². The molecule has 20 heavy (non-hydrogen) atoms. The number of rotatable bonds is 8. The van der Waals surface area contributed by atoms with Crippen molar-refractivity contribution in [2.24, 2.45) is 5.41 Å².